The van der Waals surface area contributed by atoms with Crippen molar-refractivity contribution in [2.45, 2.75) is 39.8 Å². The van der Waals surface area contributed by atoms with E-state index in [0.717, 1.165) is 25.6 Å². The topological polar surface area (TPSA) is 50.1 Å². The summed E-state index contributed by atoms with van der Waals surface area (Å²) in [7, 11) is 0. The Kier molecular flexibility index (Phi) is 4.56. The van der Waals surface area contributed by atoms with Crippen molar-refractivity contribution in [1.29, 1.82) is 0 Å². The summed E-state index contributed by atoms with van der Waals surface area (Å²) in [4.78, 5) is 4.66. The van der Waals surface area contributed by atoms with Crippen LogP contribution in [-0.4, -0.2) is 39.8 Å². The minimum absolute atomic E-state index is 0.784. The molecule has 1 saturated heterocycles. The molecule has 0 bridgehead atoms. The van der Waals surface area contributed by atoms with Gasteiger partial charge in [0.15, 0.2) is 0 Å². The minimum Gasteiger partial charge on any atom is -0.372 e. The fraction of sp³-hybridized carbons (Fsp3) is 0.562. The van der Waals surface area contributed by atoms with E-state index in [0.29, 0.717) is 0 Å². The molecule has 0 atom stereocenters. The highest BCUT2D eigenvalue weighted by Crippen LogP contribution is 2.21. The van der Waals surface area contributed by atoms with Crippen molar-refractivity contribution in [3.8, 4) is 0 Å². The molecular formula is C16H24N6. The first kappa shape index (κ1) is 14.8. The van der Waals surface area contributed by atoms with Gasteiger partial charge in [-0.05, 0) is 54.8 Å². The first-order valence-corrected chi connectivity index (χ1v) is 8.16. The maximum Gasteiger partial charge on any atom is 0.245 e. The number of aromatic nitrogens is 4. The van der Waals surface area contributed by atoms with E-state index < -0.39 is 0 Å². The Balaban J connectivity index is 1.71. The third-order valence-electron chi connectivity index (χ3n) is 4.26. The maximum atomic E-state index is 4.15. The molecule has 1 aromatic carbocycles. The summed E-state index contributed by atoms with van der Waals surface area (Å²) < 4.78 is 1.84. The van der Waals surface area contributed by atoms with Crippen LogP contribution in [0.25, 0.3) is 0 Å². The van der Waals surface area contributed by atoms with Gasteiger partial charge in [-0.15, -0.1) is 0 Å². The molecule has 22 heavy (non-hydrogen) atoms. The van der Waals surface area contributed by atoms with Crippen LogP contribution in [0.4, 0.5) is 11.6 Å². The lowest BCUT2D eigenvalue weighted by molar-refractivity contribution is 0.611. The molecule has 0 saturated carbocycles. The molecule has 118 valence electrons. The number of tetrazole rings is 1. The Morgan fingerprint density at radius 1 is 1.09 bits per heavy atom. The number of nitrogens with zero attached hydrogens (tertiary/aromatic N) is 6. The Morgan fingerprint density at radius 2 is 1.82 bits per heavy atom. The Morgan fingerprint density at radius 3 is 2.45 bits per heavy atom. The highest BCUT2D eigenvalue weighted by Gasteiger charge is 2.14. The highest BCUT2D eigenvalue weighted by atomic mass is 15.6. The fourth-order valence-corrected chi connectivity index (χ4v) is 2.96. The van der Waals surface area contributed by atoms with Crippen LogP contribution in [0.3, 0.4) is 0 Å². The van der Waals surface area contributed by atoms with Crippen LogP contribution in [0.2, 0.25) is 0 Å². The van der Waals surface area contributed by atoms with Crippen LogP contribution in [0, 0.1) is 0 Å². The first-order valence-electron chi connectivity index (χ1n) is 8.16. The molecule has 1 aromatic heterocycles. The summed E-state index contributed by atoms with van der Waals surface area (Å²) in [5.41, 5.74) is 2.62. The normalized spacial score (nSPS) is 14.5. The van der Waals surface area contributed by atoms with E-state index in [9.17, 15) is 0 Å². The number of hydrogen-bond donors (Lipinski definition) is 0. The second kappa shape index (κ2) is 6.77. The largest absolute Gasteiger partial charge is 0.372 e. The average Bonchev–Trinajstić information content (AvgIpc) is 3.24. The van der Waals surface area contributed by atoms with Crippen molar-refractivity contribution >= 4 is 11.6 Å². The summed E-state index contributed by atoms with van der Waals surface area (Å²) in [6.07, 6.45) is 2.62. The van der Waals surface area contributed by atoms with Gasteiger partial charge in [-0.2, -0.15) is 0 Å². The van der Waals surface area contributed by atoms with Crippen LogP contribution in [0.15, 0.2) is 24.3 Å². The van der Waals surface area contributed by atoms with E-state index in [1.54, 1.807) is 0 Å². The molecule has 0 amide bonds. The van der Waals surface area contributed by atoms with Gasteiger partial charge in [0, 0.05) is 38.4 Å². The second-order valence-electron chi connectivity index (χ2n) is 5.67. The van der Waals surface area contributed by atoms with Crippen molar-refractivity contribution in [1.82, 2.24) is 20.2 Å². The van der Waals surface area contributed by atoms with E-state index in [2.05, 4.69) is 63.4 Å². The van der Waals surface area contributed by atoms with Gasteiger partial charge >= 0.3 is 0 Å². The molecule has 2 heterocycles. The molecular weight excluding hydrogens is 276 g/mol. The van der Waals surface area contributed by atoms with Crippen LogP contribution in [0.5, 0.6) is 0 Å². The molecule has 0 unspecified atom stereocenters. The van der Waals surface area contributed by atoms with Gasteiger partial charge in [-0.3, -0.25) is 0 Å². The van der Waals surface area contributed by atoms with Crippen LogP contribution in [0.1, 0.15) is 32.3 Å². The summed E-state index contributed by atoms with van der Waals surface area (Å²) in [6, 6.07) is 8.90. The predicted octanol–water partition coefficient (Wildman–Crippen LogP) is 2.32. The first-order chi connectivity index (χ1) is 10.8. The van der Waals surface area contributed by atoms with Crippen LogP contribution in [-0.2, 0) is 13.1 Å². The summed E-state index contributed by atoms with van der Waals surface area (Å²) in [5.74, 6) is 0.841. The fourth-order valence-electron chi connectivity index (χ4n) is 2.96. The maximum absolute atomic E-state index is 4.15. The monoisotopic (exact) mass is 300 g/mol. The number of hydrogen-bond acceptors (Lipinski definition) is 5. The molecule has 3 rings (SSSR count). The number of benzene rings is 1. The van der Waals surface area contributed by atoms with Gasteiger partial charge in [0.1, 0.15) is 0 Å². The lowest BCUT2D eigenvalue weighted by Gasteiger charge is -2.22. The van der Waals surface area contributed by atoms with Gasteiger partial charge in [0.2, 0.25) is 5.95 Å². The molecule has 0 N–H and O–H groups in total. The molecule has 2 aromatic rings. The molecule has 6 nitrogen and oxygen atoms in total. The minimum atomic E-state index is 0.784. The SMILES string of the molecule is CCN(Cc1ccc(N2CCCC2)cc1)c1nnnn1CC. The lowest BCUT2D eigenvalue weighted by Crippen LogP contribution is -2.26. The van der Waals surface area contributed by atoms with Crippen molar-refractivity contribution < 1.29 is 0 Å². The van der Waals surface area contributed by atoms with Crippen molar-refractivity contribution in [2.75, 3.05) is 29.4 Å². The zero-order valence-electron chi connectivity index (χ0n) is 13.4. The van der Waals surface area contributed by atoms with E-state index in [1.807, 2.05) is 4.68 Å². The van der Waals surface area contributed by atoms with E-state index in [4.69, 9.17) is 0 Å². The zero-order chi connectivity index (χ0) is 15.4. The van der Waals surface area contributed by atoms with Crippen molar-refractivity contribution in [3.63, 3.8) is 0 Å². The van der Waals surface area contributed by atoms with Gasteiger partial charge in [0.05, 0.1) is 0 Å². The van der Waals surface area contributed by atoms with Gasteiger partial charge in [-0.1, -0.05) is 17.2 Å². The van der Waals surface area contributed by atoms with Gasteiger partial charge < -0.3 is 9.80 Å². The van der Waals surface area contributed by atoms with Crippen LogP contribution < -0.4 is 9.80 Å². The Hall–Kier alpha value is -2.11. The van der Waals surface area contributed by atoms with E-state index in [1.165, 1.54) is 37.2 Å². The number of aryl methyl sites for hydroxylation is 1. The van der Waals surface area contributed by atoms with Crippen molar-refractivity contribution in [2.24, 2.45) is 0 Å². The molecule has 0 aliphatic carbocycles. The van der Waals surface area contributed by atoms with Crippen molar-refractivity contribution in [3.05, 3.63) is 29.8 Å². The van der Waals surface area contributed by atoms with Gasteiger partial charge in [0.25, 0.3) is 0 Å². The summed E-state index contributed by atoms with van der Waals surface area (Å²) >= 11 is 0. The van der Waals surface area contributed by atoms with Gasteiger partial charge in [-0.25, -0.2) is 4.68 Å². The zero-order valence-corrected chi connectivity index (χ0v) is 13.4. The molecule has 1 fully saturated rings. The third kappa shape index (κ3) is 3.05. The standard InChI is InChI=1S/C16H24N6/c1-3-20(16-17-18-19-22(16)4-2)13-14-7-9-15(10-8-14)21-11-5-6-12-21/h7-10H,3-6,11-13H2,1-2H3. The predicted molar refractivity (Wildman–Crippen MR) is 88.1 cm³/mol. The smallest absolute Gasteiger partial charge is 0.245 e. The molecule has 6 heteroatoms. The summed E-state index contributed by atoms with van der Waals surface area (Å²) in [6.45, 7) is 9.06. The molecule has 0 radical (unpaired) electrons. The Bertz CT molecular complexity index is 585. The molecule has 1 aliphatic heterocycles. The molecule has 0 spiro atoms. The van der Waals surface area contributed by atoms with E-state index in [-0.39, 0.29) is 0 Å². The third-order valence-corrected chi connectivity index (χ3v) is 4.26. The van der Waals surface area contributed by atoms with E-state index >= 15 is 0 Å². The summed E-state index contributed by atoms with van der Waals surface area (Å²) in [5, 5.41) is 12.0. The second-order valence-corrected chi connectivity index (χ2v) is 5.67. The average molecular weight is 300 g/mol. The molecule has 1 aliphatic rings. The Labute approximate surface area is 131 Å². The quantitative estimate of drug-likeness (QED) is 0.819. The lowest BCUT2D eigenvalue weighted by atomic mass is 10.2. The highest BCUT2D eigenvalue weighted by molar-refractivity contribution is 5.48. The van der Waals surface area contributed by atoms with Crippen LogP contribution >= 0.6 is 0 Å². The number of rotatable bonds is 6. The number of anilines is 2.